The summed E-state index contributed by atoms with van der Waals surface area (Å²) < 4.78 is 32.2. The summed E-state index contributed by atoms with van der Waals surface area (Å²) in [6.07, 6.45) is 2.08. The predicted octanol–water partition coefficient (Wildman–Crippen LogP) is 2.99. The number of ether oxygens (including phenoxy) is 1. The number of para-hydroxylation sites is 1. The summed E-state index contributed by atoms with van der Waals surface area (Å²) in [6.45, 7) is 1.02. The third kappa shape index (κ3) is 5.73. The normalized spacial score (nSPS) is 28.2. The summed E-state index contributed by atoms with van der Waals surface area (Å²) >= 11 is 0. The second-order valence-corrected chi connectivity index (χ2v) is 10.8. The van der Waals surface area contributed by atoms with Crippen LogP contribution in [-0.4, -0.2) is 45.1 Å². The van der Waals surface area contributed by atoms with Crippen molar-refractivity contribution in [1.82, 2.24) is 14.6 Å². The average molecular weight is 520 g/mol. The van der Waals surface area contributed by atoms with E-state index >= 15 is 0 Å². The van der Waals surface area contributed by atoms with Gasteiger partial charge in [-0.3, -0.25) is 18.9 Å². The molecule has 0 radical (unpaired) electrons. The van der Waals surface area contributed by atoms with E-state index in [1.54, 1.807) is 30.3 Å². The Morgan fingerprint density at radius 3 is 2.67 bits per heavy atom. The van der Waals surface area contributed by atoms with Crippen molar-refractivity contribution in [3.63, 3.8) is 0 Å². The second-order valence-electron chi connectivity index (χ2n) is 9.07. The van der Waals surface area contributed by atoms with Crippen molar-refractivity contribution in [2.45, 2.75) is 69.0 Å². The molecule has 1 saturated carbocycles. The molecule has 4 rings (SSSR count). The Labute approximate surface area is 206 Å². The molecular weight excluding hydrogens is 491 g/mol. The number of hydrogen-bond donors (Lipinski definition) is 3. The van der Waals surface area contributed by atoms with Gasteiger partial charge >= 0.3 is 13.4 Å². The van der Waals surface area contributed by atoms with Crippen LogP contribution in [-0.2, 0) is 13.8 Å². The molecule has 1 aliphatic carbocycles. The fourth-order valence-corrected chi connectivity index (χ4v) is 6.16. The Morgan fingerprint density at radius 2 is 2.00 bits per heavy atom. The fraction of sp³-hybridized carbons (Fsp3) is 0.545. The van der Waals surface area contributed by atoms with Crippen LogP contribution in [0.15, 0.2) is 57.3 Å². The van der Waals surface area contributed by atoms with Gasteiger partial charge in [-0.2, -0.15) is 0 Å². The third-order valence-corrected chi connectivity index (χ3v) is 8.06. The smallest absolute Gasteiger partial charge is 0.413 e. The molecule has 1 aromatic carbocycles. The van der Waals surface area contributed by atoms with E-state index in [1.165, 1.54) is 13.1 Å². The molecular formula is C22H29N6O7P. The first-order valence-corrected chi connectivity index (χ1v) is 13.3. The van der Waals surface area contributed by atoms with Crippen molar-refractivity contribution in [2.75, 3.05) is 6.61 Å². The minimum Gasteiger partial charge on any atom is -0.413 e. The lowest BCUT2D eigenvalue weighted by molar-refractivity contribution is -0.0457. The maximum atomic E-state index is 13.8. The molecule has 14 heteroatoms. The molecule has 2 aliphatic rings. The Kier molecular flexibility index (Phi) is 7.99. The number of azide groups is 1. The number of H-pyrrole nitrogens is 1. The highest BCUT2D eigenvalue weighted by molar-refractivity contribution is 7.52. The number of nitrogens with one attached hydrogen (secondary N) is 2. The standard InChI is InChI=1S/C22H29N6O7P/c1-22(26-27-23)19(30)17(34-20(22)28-13-12-18(29)24-21(28)31)14-33-36(32,25-15-8-4-2-5-9-15)35-16-10-6-3-7-11-16/h3,6-7,10-13,15,17,19-20,30H,2,4-5,8-9,14H2,1H3,(H,25,32)(H,24,29,31)/t17-,19-,20?,22-,36?/m1/s1. The third-order valence-electron chi connectivity index (χ3n) is 6.44. The predicted molar refractivity (Wildman–Crippen MR) is 129 cm³/mol. The maximum absolute atomic E-state index is 13.8. The number of benzene rings is 1. The molecule has 2 unspecified atom stereocenters. The van der Waals surface area contributed by atoms with Crippen molar-refractivity contribution in [1.29, 1.82) is 0 Å². The van der Waals surface area contributed by atoms with Gasteiger partial charge in [-0.1, -0.05) is 42.6 Å². The topological polar surface area (TPSA) is 181 Å². The quantitative estimate of drug-likeness (QED) is 0.195. The van der Waals surface area contributed by atoms with Crippen LogP contribution in [0.1, 0.15) is 45.3 Å². The van der Waals surface area contributed by atoms with E-state index < -0.39 is 49.6 Å². The summed E-state index contributed by atoms with van der Waals surface area (Å²) in [5, 5.41) is 17.7. The number of hydrogen-bond acceptors (Lipinski definition) is 8. The van der Waals surface area contributed by atoms with Gasteiger partial charge in [0.15, 0.2) is 6.23 Å². The summed E-state index contributed by atoms with van der Waals surface area (Å²) in [5.41, 5.74) is 6.06. The molecule has 2 aromatic rings. The highest BCUT2D eigenvalue weighted by Gasteiger charge is 2.54. The van der Waals surface area contributed by atoms with Crippen LogP contribution in [0.2, 0.25) is 0 Å². The molecule has 2 fully saturated rings. The summed E-state index contributed by atoms with van der Waals surface area (Å²) in [6, 6.07) is 9.61. The van der Waals surface area contributed by atoms with E-state index in [0.29, 0.717) is 5.75 Å². The van der Waals surface area contributed by atoms with E-state index in [2.05, 4.69) is 20.1 Å². The van der Waals surface area contributed by atoms with Crippen LogP contribution >= 0.6 is 7.75 Å². The van der Waals surface area contributed by atoms with Gasteiger partial charge in [0.05, 0.1) is 12.7 Å². The SMILES string of the molecule is C[C@]1(N=[N+]=[N-])C(n2ccc(=O)[nH]c2=O)O[C@H](COP(=O)(NC2CCCCC2)Oc2ccccc2)[C@H]1O. The van der Waals surface area contributed by atoms with Crippen molar-refractivity contribution in [3.8, 4) is 5.75 Å². The summed E-state index contributed by atoms with van der Waals surface area (Å²) in [5.74, 6) is 0.341. The Morgan fingerprint density at radius 1 is 1.28 bits per heavy atom. The van der Waals surface area contributed by atoms with E-state index in [4.69, 9.17) is 19.3 Å². The van der Waals surface area contributed by atoms with Gasteiger partial charge in [-0.15, -0.1) is 0 Å². The first-order chi connectivity index (χ1) is 17.2. The molecule has 36 heavy (non-hydrogen) atoms. The lowest BCUT2D eigenvalue weighted by Crippen LogP contribution is -2.45. The lowest BCUT2D eigenvalue weighted by atomic mass is 9.93. The van der Waals surface area contributed by atoms with E-state index in [-0.39, 0.29) is 6.04 Å². The van der Waals surface area contributed by atoms with Crippen LogP contribution in [0, 0.1) is 0 Å². The van der Waals surface area contributed by atoms with E-state index in [9.17, 15) is 19.3 Å². The van der Waals surface area contributed by atoms with Crippen LogP contribution in [0.5, 0.6) is 5.75 Å². The Bertz CT molecular complexity index is 1260. The van der Waals surface area contributed by atoms with Crippen LogP contribution < -0.4 is 20.9 Å². The van der Waals surface area contributed by atoms with Gasteiger partial charge in [0.25, 0.3) is 5.56 Å². The van der Waals surface area contributed by atoms with Crippen molar-refractivity contribution >= 4 is 7.75 Å². The molecule has 1 saturated heterocycles. The number of nitrogens with zero attached hydrogens (tertiary/aromatic N) is 4. The minimum absolute atomic E-state index is 0.0661. The Hall–Kier alpha value is -2.92. The van der Waals surface area contributed by atoms with Gasteiger partial charge in [-0.05, 0) is 37.4 Å². The van der Waals surface area contributed by atoms with Gasteiger partial charge < -0.3 is 14.4 Å². The van der Waals surface area contributed by atoms with Crippen molar-refractivity contribution < 1.29 is 23.5 Å². The zero-order valence-corrected chi connectivity index (χ0v) is 20.6. The highest BCUT2D eigenvalue weighted by Crippen LogP contribution is 2.48. The van der Waals surface area contributed by atoms with Gasteiger partial charge in [0, 0.05) is 23.2 Å². The van der Waals surface area contributed by atoms with Gasteiger partial charge in [0.2, 0.25) is 0 Å². The van der Waals surface area contributed by atoms with Gasteiger partial charge in [0.1, 0.15) is 17.4 Å². The molecule has 0 spiro atoms. The van der Waals surface area contributed by atoms with Crippen LogP contribution in [0.25, 0.3) is 10.4 Å². The second kappa shape index (κ2) is 11.0. The number of aliphatic hydroxyl groups is 1. The molecule has 13 nitrogen and oxygen atoms in total. The fourth-order valence-electron chi connectivity index (χ4n) is 4.53. The number of aliphatic hydroxyl groups excluding tert-OH is 1. The number of rotatable bonds is 9. The molecule has 1 aliphatic heterocycles. The average Bonchev–Trinajstić information content (AvgIpc) is 3.09. The monoisotopic (exact) mass is 520 g/mol. The zero-order valence-electron chi connectivity index (χ0n) is 19.7. The highest BCUT2D eigenvalue weighted by atomic mass is 31.2. The molecule has 0 amide bonds. The maximum Gasteiger partial charge on any atom is 0.459 e. The largest absolute Gasteiger partial charge is 0.459 e. The summed E-state index contributed by atoms with van der Waals surface area (Å²) in [7, 11) is -3.91. The molecule has 0 bridgehead atoms. The number of aromatic amines is 1. The number of aromatic nitrogens is 2. The van der Waals surface area contributed by atoms with E-state index in [0.717, 1.165) is 42.7 Å². The van der Waals surface area contributed by atoms with Gasteiger partial charge in [-0.25, -0.2) is 14.4 Å². The van der Waals surface area contributed by atoms with Crippen molar-refractivity contribution in [3.05, 3.63) is 73.9 Å². The lowest BCUT2D eigenvalue weighted by Gasteiger charge is -2.29. The Balaban J connectivity index is 1.56. The zero-order chi connectivity index (χ0) is 25.8. The molecule has 3 N–H and O–H groups in total. The van der Waals surface area contributed by atoms with Crippen LogP contribution in [0.4, 0.5) is 0 Å². The van der Waals surface area contributed by atoms with Crippen LogP contribution in [0.3, 0.4) is 0 Å². The molecule has 1 aromatic heterocycles. The van der Waals surface area contributed by atoms with E-state index in [1.807, 2.05) is 0 Å². The minimum atomic E-state index is -3.91. The first-order valence-electron chi connectivity index (χ1n) is 11.7. The molecule has 2 heterocycles. The van der Waals surface area contributed by atoms with Crippen molar-refractivity contribution in [2.24, 2.45) is 5.11 Å². The first kappa shape index (κ1) is 26.2. The summed E-state index contributed by atoms with van der Waals surface area (Å²) in [4.78, 5) is 28.8. The molecule has 194 valence electrons. The molecule has 5 atom stereocenters.